The van der Waals surface area contributed by atoms with Gasteiger partial charge >= 0.3 is 0 Å². The first-order chi connectivity index (χ1) is 9.05. The number of benzene rings is 1. The zero-order chi connectivity index (χ0) is 14.0. The van der Waals surface area contributed by atoms with Crippen LogP contribution in [0.15, 0.2) is 18.2 Å². The van der Waals surface area contributed by atoms with E-state index in [1.165, 1.54) is 0 Å². The van der Waals surface area contributed by atoms with Gasteiger partial charge < -0.3 is 4.74 Å². The van der Waals surface area contributed by atoms with Crippen LogP contribution in [0.1, 0.15) is 22.6 Å². The number of nitrogens with zero attached hydrogens (tertiary/aromatic N) is 3. The Kier molecular flexibility index (Phi) is 3.48. The van der Waals surface area contributed by atoms with Crippen LogP contribution >= 0.6 is 0 Å². The lowest BCUT2D eigenvalue weighted by atomic mass is 10.0. The summed E-state index contributed by atoms with van der Waals surface area (Å²) >= 11 is 0. The van der Waals surface area contributed by atoms with Gasteiger partial charge in [-0.25, -0.2) is 9.97 Å². The van der Waals surface area contributed by atoms with Crippen molar-refractivity contribution in [2.45, 2.75) is 20.8 Å². The van der Waals surface area contributed by atoms with Gasteiger partial charge in [-0.15, -0.1) is 0 Å². The average molecular weight is 253 g/mol. The van der Waals surface area contributed by atoms with Gasteiger partial charge in [-0.1, -0.05) is 6.07 Å². The number of aryl methyl sites for hydroxylation is 3. The highest BCUT2D eigenvalue weighted by atomic mass is 16.5. The minimum atomic E-state index is 0.365. The van der Waals surface area contributed by atoms with Gasteiger partial charge in [0.1, 0.15) is 23.3 Å². The number of nitriles is 1. The number of methoxy groups -OCH3 is 1. The molecule has 0 saturated carbocycles. The fraction of sp³-hybridized carbons (Fsp3) is 0.267. The first-order valence-electron chi connectivity index (χ1n) is 5.96. The lowest BCUT2D eigenvalue weighted by Crippen LogP contribution is -1.98. The summed E-state index contributed by atoms with van der Waals surface area (Å²) < 4.78 is 5.43. The van der Waals surface area contributed by atoms with E-state index in [0.29, 0.717) is 11.5 Å². The Balaban J connectivity index is 2.72. The van der Waals surface area contributed by atoms with E-state index in [9.17, 15) is 0 Å². The summed E-state index contributed by atoms with van der Waals surface area (Å²) in [6.45, 7) is 5.81. The molecular formula is C15H15N3O. The Labute approximate surface area is 112 Å². The highest BCUT2D eigenvalue weighted by Gasteiger charge is 2.13. The lowest BCUT2D eigenvalue weighted by molar-refractivity contribution is 0.415. The summed E-state index contributed by atoms with van der Waals surface area (Å²) in [6.07, 6.45) is 0. The van der Waals surface area contributed by atoms with Gasteiger partial charge in [-0.3, -0.25) is 0 Å². The van der Waals surface area contributed by atoms with Crippen molar-refractivity contribution in [1.29, 1.82) is 5.26 Å². The number of hydrogen-bond donors (Lipinski definition) is 0. The topological polar surface area (TPSA) is 58.8 Å². The molecule has 0 bridgehead atoms. The molecule has 1 aromatic heterocycles. The Morgan fingerprint density at radius 3 is 2.47 bits per heavy atom. The van der Waals surface area contributed by atoms with E-state index in [0.717, 1.165) is 28.1 Å². The van der Waals surface area contributed by atoms with Crippen LogP contribution in [0.3, 0.4) is 0 Å². The van der Waals surface area contributed by atoms with Crippen LogP contribution in [0.2, 0.25) is 0 Å². The van der Waals surface area contributed by atoms with E-state index >= 15 is 0 Å². The molecule has 1 heterocycles. The van der Waals surface area contributed by atoms with Crippen LogP contribution in [0.4, 0.5) is 0 Å². The quantitative estimate of drug-likeness (QED) is 0.825. The zero-order valence-corrected chi connectivity index (χ0v) is 11.5. The van der Waals surface area contributed by atoms with Crippen molar-refractivity contribution >= 4 is 0 Å². The molecule has 0 N–H and O–H groups in total. The van der Waals surface area contributed by atoms with Gasteiger partial charge in [-0.05, 0) is 38.0 Å². The SMILES string of the molecule is COc1cc(C)cc(C)c1-c1cc(C#N)nc(C)n1. The second kappa shape index (κ2) is 5.07. The smallest absolute Gasteiger partial charge is 0.144 e. The molecule has 96 valence electrons. The molecule has 0 unspecified atom stereocenters. The predicted molar refractivity (Wildman–Crippen MR) is 72.9 cm³/mol. The summed E-state index contributed by atoms with van der Waals surface area (Å²) in [5, 5.41) is 9.00. The average Bonchev–Trinajstić information content (AvgIpc) is 2.36. The fourth-order valence-corrected chi connectivity index (χ4v) is 2.17. The third kappa shape index (κ3) is 2.55. The number of aromatic nitrogens is 2. The predicted octanol–water partition coefficient (Wildman–Crippen LogP) is 2.95. The van der Waals surface area contributed by atoms with Gasteiger partial charge in [0.15, 0.2) is 0 Å². The second-order valence-corrected chi connectivity index (χ2v) is 4.46. The maximum Gasteiger partial charge on any atom is 0.144 e. The van der Waals surface area contributed by atoms with E-state index in [1.807, 2.05) is 19.9 Å². The van der Waals surface area contributed by atoms with E-state index in [1.54, 1.807) is 20.1 Å². The van der Waals surface area contributed by atoms with Gasteiger partial charge in [0.2, 0.25) is 0 Å². The fourth-order valence-electron chi connectivity index (χ4n) is 2.17. The number of hydrogen-bond acceptors (Lipinski definition) is 4. The maximum atomic E-state index is 9.00. The molecule has 0 amide bonds. The van der Waals surface area contributed by atoms with Gasteiger partial charge in [0.05, 0.1) is 12.8 Å². The van der Waals surface area contributed by atoms with Crippen LogP contribution in [0.5, 0.6) is 5.75 Å². The Morgan fingerprint density at radius 2 is 1.84 bits per heavy atom. The molecule has 0 saturated heterocycles. The molecule has 4 heteroatoms. The molecule has 0 radical (unpaired) electrons. The molecule has 19 heavy (non-hydrogen) atoms. The molecule has 0 aliphatic heterocycles. The largest absolute Gasteiger partial charge is 0.496 e. The second-order valence-electron chi connectivity index (χ2n) is 4.46. The molecule has 1 aromatic carbocycles. The minimum Gasteiger partial charge on any atom is -0.496 e. The molecule has 0 aliphatic rings. The van der Waals surface area contributed by atoms with E-state index < -0.39 is 0 Å². The summed E-state index contributed by atoms with van der Waals surface area (Å²) in [7, 11) is 1.64. The summed E-state index contributed by atoms with van der Waals surface area (Å²) in [5.74, 6) is 1.34. The van der Waals surface area contributed by atoms with Gasteiger partial charge in [0.25, 0.3) is 0 Å². The third-order valence-corrected chi connectivity index (χ3v) is 2.87. The van der Waals surface area contributed by atoms with Crippen molar-refractivity contribution in [2.24, 2.45) is 0 Å². The molecule has 2 aromatic rings. The first-order valence-corrected chi connectivity index (χ1v) is 5.96. The molecule has 0 aliphatic carbocycles. The monoisotopic (exact) mass is 253 g/mol. The van der Waals surface area contributed by atoms with Crippen molar-refractivity contribution in [1.82, 2.24) is 9.97 Å². The lowest BCUT2D eigenvalue weighted by Gasteiger charge is -2.13. The van der Waals surface area contributed by atoms with Crippen molar-refractivity contribution in [3.05, 3.63) is 40.8 Å². The van der Waals surface area contributed by atoms with Crippen LogP contribution in [0.25, 0.3) is 11.3 Å². The van der Waals surface area contributed by atoms with Gasteiger partial charge in [0, 0.05) is 11.6 Å². The Bertz CT molecular complexity index is 672. The Morgan fingerprint density at radius 1 is 1.11 bits per heavy atom. The molecule has 2 rings (SSSR count). The van der Waals surface area contributed by atoms with Gasteiger partial charge in [-0.2, -0.15) is 5.26 Å². The number of ether oxygens (including phenoxy) is 1. The minimum absolute atomic E-state index is 0.365. The standard InChI is InChI=1S/C15H15N3O/c1-9-5-10(2)15(14(6-9)19-4)13-7-12(8-16)17-11(3)18-13/h5-7H,1-4H3. The third-order valence-electron chi connectivity index (χ3n) is 2.87. The van der Waals surface area contributed by atoms with Crippen molar-refractivity contribution < 1.29 is 4.74 Å². The Hall–Kier alpha value is -2.41. The molecule has 0 fully saturated rings. The van der Waals surface area contributed by atoms with E-state index in [-0.39, 0.29) is 0 Å². The highest BCUT2D eigenvalue weighted by molar-refractivity contribution is 5.72. The zero-order valence-electron chi connectivity index (χ0n) is 11.5. The summed E-state index contributed by atoms with van der Waals surface area (Å²) in [5.41, 5.74) is 4.20. The van der Waals surface area contributed by atoms with Crippen LogP contribution in [-0.2, 0) is 0 Å². The molecule has 0 atom stereocenters. The highest BCUT2D eigenvalue weighted by Crippen LogP contribution is 2.33. The van der Waals surface area contributed by atoms with Crippen molar-refractivity contribution in [2.75, 3.05) is 7.11 Å². The van der Waals surface area contributed by atoms with Crippen molar-refractivity contribution in [3.63, 3.8) is 0 Å². The van der Waals surface area contributed by atoms with Crippen LogP contribution < -0.4 is 4.74 Å². The number of rotatable bonds is 2. The first kappa shape index (κ1) is 13.0. The van der Waals surface area contributed by atoms with Crippen LogP contribution in [-0.4, -0.2) is 17.1 Å². The molecular weight excluding hydrogens is 238 g/mol. The normalized spacial score (nSPS) is 10.1. The molecule has 4 nitrogen and oxygen atoms in total. The summed E-state index contributed by atoms with van der Waals surface area (Å²) in [4.78, 5) is 8.48. The maximum absolute atomic E-state index is 9.00. The van der Waals surface area contributed by atoms with Crippen LogP contribution in [0, 0.1) is 32.1 Å². The molecule has 0 spiro atoms. The van der Waals surface area contributed by atoms with Crippen molar-refractivity contribution in [3.8, 4) is 23.1 Å². The summed E-state index contributed by atoms with van der Waals surface area (Å²) in [6, 6.07) is 7.78. The van der Waals surface area contributed by atoms with E-state index in [4.69, 9.17) is 10.00 Å². The van der Waals surface area contributed by atoms with E-state index in [2.05, 4.69) is 22.1 Å².